The molecule has 0 bridgehead atoms. The third-order valence-electron chi connectivity index (χ3n) is 5.80. The van der Waals surface area contributed by atoms with E-state index in [1.165, 1.54) is 4.90 Å². The molecule has 2 aromatic rings. The Morgan fingerprint density at radius 2 is 1.71 bits per heavy atom. The number of unbranched alkanes of at least 4 members (excludes halogenated alkanes) is 1. The van der Waals surface area contributed by atoms with Crippen molar-refractivity contribution in [1.29, 1.82) is 0 Å². The Labute approximate surface area is 218 Å². The topological polar surface area (TPSA) is 86.8 Å². The van der Waals surface area contributed by atoms with Gasteiger partial charge in [0.1, 0.15) is 12.6 Å². The summed E-state index contributed by atoms with van der Waals surface area (Å²) in [6.45, 7) is 8.07. The van der Waals surface area contributed by atoms with Crippen molar-refractivity contribution in [3.05, 3.63) is 63.6 Å². The van der Waals surface area contributed by atoms with E-state index in [1.54, 1.807) is 18.2 Å². The summed E-state index contributed by atoms with van der Waals surface area (Å²) < 4.78 is 27.3. The molecule has 0 aromatic heterocycles. The number of carbonyl (C=O) groups is 2. The minimum absolute atomic E-state index is 0.204. The van der Waals surface area contributed by atoms with Crippen molar-refractivity contribution in [2.45, 2.75) is 59.5 Å². The number of benzene rings is 2. The number of rotatable bonds is 12. The molecule has 2 rings (SSSR count). The van der Waals surface area contributed by atoms with Gasteiger partial charge in [0.25, 0.3) is 0 Å². The molecule has 2 aromatic carbocycles. The largest absolute Gasteiger partial charge is 0.354 e. The molecular weight excluding hydrogens is 530 g/mol. The van der Waals surface area contributed by atoms with Crippen molar-refractivity contribution >= 4 is 43.5 Å². The first-order chi connectivity index (χ1) is 16.5. The van der Waals surface area contributed by atoms with Gasteiger partial charge >= 0.3 is 0 Å². The fraction of sp³-hybridized carbons (Fsp3) is 0.462. The second-order valence-corrected chi connectivity index (χ2v) is 11.5. The maximum Gasteiger partial charge on any atom is 0.244 e. The van der Waals surface area contributed by atoms with E-state index in [-0.39, 0.29) is 12.5 Å². The first-order valence-corrected chi connectivity index (χ1v) is 14.5. The number of sulfonamides is 1. The number of carbonyl (C=O) groups excluding carboxylic acids is 2. The summed E-state index contributed by atoms with van der Waals surface area (Å²) in [7, 11) is -3.75. The lowest BCUT2D eigenvalue weighted by molar-refractivity contribution is -0.140. The number of hydrogen-bond donors (Lipinski definition) is 1. The second kappa shape index (κ2) is 13.1. The number of anilines is 1. The van der Waals surface area contributed by atoms with Gasteiger partial charge in [0, 0.05) is 17.6 Å². The lowest BCUT2D eigenvalue weighted by Gasteiger charge is -2.33. The summed E-state index contributed by atoms with van der Waals surface area (Å²) in [6.07, 6.45) is 3.28. The monoisotopic (exact) mass is 565 g/mol. The molecule has 1 atom stereocenters. The molecule has 0 radical (unpaired) electrons. The van der Waals surface area contributed by atoms with Gasteiger partial charge in [0.15, 0.2) is 0 Å². The summed E-state index contributed by atoms with van der Waals surface area (Å²) in [4.78, 5) is 28.2. The molecule has 0 spiro atoms. The molecule has 0 saturated carbocycles. The average Bonchev–Trinajstić information content (AvgIpc) is 2.80. The van der Waals surface area contributed by atoms with E-state index in [2.05, 4.69) is 21.2 Å². The summed E-state index contributed by atoms with van der Waals surface area (Å²) in [5.41, 5.74) is 3.21. The van der Waals surface area contributed by atoms with E-state index in [1.807, 2.05) is 52.0 Å². The van der Waals surface area contributed by atoms with Crippen LogP contribution in [-0.4, -0.2) is 50.5 Å². The van der Waals surface area contributed by atoms with Gasteiger partial charge in [-0.3, -0.25) is 13.9 Å². The van der Waals surface area contributed by atoms with Gasteiger partial charge in [-0.05, 0) is 56.0 Å². The van der Waals surface area contributed by atoms with Gasteiger partial charge in [-0.1, -0.05) is 66.0 Å². The van der Waals surface area contributed by atoms with Crippen LogP contribution in [0.15, 0.2) is 46.9 Å². The molecule has 7 nitrogen and oxygen atoms in total. The molecule has 1 N–H and O–H groups in total. The zero-order chi connectivity index (χ0) is 26.2. The van der Waals surface area contributed by atoms with Gasteiger partial charge < -0.3 is 10.2 Å². The van der Waals surface area contributed by atoms with Crippen molar-refractivity contribution in [3.8, 4) is 0 Å². The fourth-order valence-corrected chi connectivity index (χ4v) is 4.80. The maximum absolute atomic E-state index is 13.7. The normalized spacial score (nSPS) is 12.2. The molecule has 0 heterocycles. The Bertz CT molecular complexity index is 1120. The number of amides is 2. The Kier molecular flexibility index (Phi) is 10.8. The van der Waals surface area contributed by atoms with E-state index in [0.29, 0.717) is 18.7 Å². The van der Waals surface area contributed by atoms with Crippen molar-refractivity contribution < 1.29 is 18.0 Å². The van der Waals surface area contributed by atoms with Gasteiger partial charge in [0.2, 0.25) is 21.8 Å². The van der Waals surface area contributed by atoms with Crippen molar-refractivity contribution in [3.63, 3.8) is 0 Å². The Morgan fingerprint density at radius 1 is 1.06 bits per heavy atom. The summed E-state index contributed by atoms with van der Waals surface area (Å²) in [6, 6.07) is 12.2. The highest BCUT2D eigenvalue weighted by Gasteiger charge is 2.31. The molecule has 1 unspecified atom stereocenters. The number of aryl methyl sites for hydroxylation is 2. The molecule has 0 aliphatic carbocycles. The lowest BCUT2D eigenvalue weighted by atomic mass is 10.1. The number of halogens is 1. The van der Waals surface area contributed by atoms with Crippen molar-refractivity contribution in [2.75, 3.05) is 23.7 Å². The van der Waals surface area contributed by atoms with Crippen LogP contribution >= 0.6 is 15.9 Å². The second-order valence-electron chi connectivity index (χ2n) is 8.78. The molecule has 0 aliphatic rings. The molecule has 0 fully saturated rings. The SMILES string of the molecule is CCCCNC(=O)C(CC)N(Cc1ccc(C)cc1)C(=O)CN(c1ccc(Br)c(C)c1)S(C)(=O)=O. The van der Waals surface area contributed by atoms with Gasteiger partial charge in [0.05, 0.1) is 11.9 Å². The van der Waals surface area contributed by atoms with E-state index >= 15 is 0 Å². The van der Waals surface area contributed by atoms with Crippen LogP contribution in [0.3, 0.4) is 0 Å². The predicted octanol–water partition coefficient (Wildman–Crippen LogP) is 4.56. The first kappa shape index (κ1) is 28.8. The number of hydrogen-bond acceptors (Lipinski definition) is 4. The molecule has 0 saturated heterocycles. The minimum atomic E-state index is -3.75. The van der Waals surface area contributed by atoms with Crippen LogP contribution in [0.5, 0.6) is 0 Å². The molecule has 192 valence electrons. The Balaban J connectivity index is 2.41. The van der Waals surface area contributed by atoms with Crippen molar-refractivity contribution in [1.82, 2.24) is 10.2 Å². The van der Waals surface area contributed by atoms with Gasteiger partial charge in [-0.25, -0.2) is 8.42 Å². The van der Waals surface area contributed by atoms with Crippen LogP contribution in [-0.2, 0) is 26.2 Å². The maximum atomic E-state index is 13.7. The summed E-state index contributed by atoms with van der Waals surface area (Å²) in [5.74, 6) is -0.666. The van der Waals surface area contributed by atoms with Crippen LogP contribution in [0.2, 0.25) is 0 Å². The highest BCUT2D eigenvalue weighted by atomic mass is 79.9. The molecule has 2 amide bonds. The van der Waals surface area contributed by atoms with E-state index in [0.717, 1.165) is 44.6 Å². The number of nitrogens with zero attached hydrogens (tertiary/aromatic N) is 2. The van der Waals surface area contributed by atoms with Crippen LogP contribution in [0, 0.1) is 13.8 Å². The molecule has 0 aliphatic heterocycles. The predicted molar refractivity (Wildman–Crippen MR) is 145 cm³/mol. The molecule has 9 heteroatoms. The third-order valence-corrected chi connectivity index (χ3v) is 7.83. The Morgan fingerprint density at radius 3 is 2.26 bits per heavy atom. The summed E-state index contributed by atoms with van der Waals surface area (Å²) >= 11 is 3.43. The molecular formula is C26H36BrN3O4S. The van der Waals surface area contributed by atoms with Gasteiger partial charge in [-0.2, -0.15) is 0 Å². The van der Waals surface area contributed by atoms with Crippen LogP contribution in [0.1, 0.15) is 49.8 Å². The van der Waals surface area contributed by atoms with Crippen LogP contribution in [0.25, 0.3) is 0 Å². The zero-order valence-electron chi connectivity index (χ0n) is 21.2. The zero-order valence-corrected chi connectivity index (χ0v) is 23.6. The summed E-state index contributed by atoms with van der Waals surface area (Å²) in [5, 5.41) is 2.92. The molecule has 35 heavy (non-hydrogen) atoms. The number of nitrogens with one attached hydrogen (secondary N) is 1. The van der Waals surface area contributed by atoms with Crippen LogP contribution < -0.4 is 9.62 Å². The Hall–Kier alpha value is -2.39. The van der Waals surface area contributed by atoms with Crippen LogP contribution in [0.4, 0.5) is 5.69 Å². The van der Waals surface area contributed by atoms with E-state index in [4.69, 9.17) is 0 Å². The average molecular weight is 567 g/mol. The quantitative estimate of drug-likeness (QED) is 0.382. The third kappa shape index (κ3) is 8.35. The highest BCUT2D eigenvalue weighted by Crippen LogP contribution is 2.25. The standard InChI is InChI=1S/C26H36BrN3O4S/c1-6-8-15-28-26(32)24(7-2)29(17-21-11-9-19(3)10-12-21)25(31)18-30(35(5,33)34)22-13-14-23(27)20(4)16-22/h9-14,16,24H,6-8,15,17-18H2,1-5H3,(H,28,32). The lowest BCUT2D eigenvalue weighted by Crippen LogP contribution is -2.52. The smallest absolute Gasteiger partial charge is 0.244 e. The highest BCUT2D eigenvalue weighted by molar-refractivity contribution is 9.10. The first-order valence-electron chi connectivity index (χ1n) is 11.8. The van der Waals surface area contributed by atoms with E-state index < -0.39 is 28.5 Å². The van der Waals surface area contributed by atoms with Gasteiger partial charge in [-0.15, -0.1) is 0 Å². The van der Waals surface area contributed by atoms with E-state index in [9.17, 15) is 18.0 Å². The fourth-order valence-electron chi connectivity index (χ4n) is 3.71. The minimum Gasteiger partial charge on any atom is -0.354 e. The van der Waals surface area contributed by atoms with Crippen molar-refractivity contribution in [2.24, 2.45) is 0 Å².